The molecule has 0 aliphatic carbocycles. The molecule has 2 fully saturated rings. The van der Waals surface area contributed by atoms with E-state index in [9.17, 15) is 0 Å². The molecule has 0 N–H and O–H groups in total. The number of hydrogen-bond donors (Lipinski definition) is 0. The summed E-state index contributed by atoms with van der Waals surface area (Å²) in [5.74, 6) is 0. The van der Waals surface area contributed by atoms with Gasteiger partial charge in [0.15, 0.2) is 0 Å². The van der Waals surface area contributed by atoms with Crippen molar-refractivity contribution >= 4 is 15.9 Å². The number of ether oxygens (including phenoxy) is 2. The lowest BCUT2D eigenvalue weighted by atomic mass is 10.1. The first-order chi connectivity index (χ1) is 7.59. The van der Waals surface area contributed by atoms with Gasteiger partial charge in [-0.05, 0) is 26.7 Å². The third kappa shape index (κ3) is 3.42. The highest BCUT2D eigenvalue weighted by Gasteiger charge is 2.33. The Kier molecular flexibility index (Phi) is 4.27. The van der Waals surface area contributed by atoms with E-state index in [1.165, 1.54) is 12.8 Å². The summed E-state index contributed by atoms with van der Waals surface area (Å²) in [7, 11) is 0. The van der Waals surface area contributed by atoms with Crippen LogP contribution < -0.4 is 0 Å². The fraction of sp³-hybridized carbons (Fsp3) is 1.00. The van der Waals surface area contributed by atoms with Crippen LogP contribution in [0.3, 0.4) is 0 Å². The van der Waals surface area contributed by atoms with E-state index in [4.69, 9.17) is 9.47 Å². The first-order valence-electron chi connectivity index (χ1n) is 6.17. The summed E-state index contributed by atoms with van der Waals surface area (Å²) in [5, 5.41) is 0.931. The van der Waals surface area contributed by atoms with Gasteiger partial charge in [0.1, 0.15) is 0 Å². The molecule has 16 heavy (non-hydrogen) atoms. The number of morpholine rings is 1. The Morgan fingerprint density at radius 3 is 2.81 bits per heavy atom. The van der Waals surface area contributed by atoms with Crippen LogP contribution in [0.5, 0.6) is 0 Å². The zero-order chi connectivity index (χ0) is 11.6. The lowest BCUT2D eigenvalue weighted by Crippen LogP contribution is -2.46. The summed E-state index contributed by atoms with van der Waals surface area (Å²) >= 11 is 3.49. The summed E-state index contributed by atoms with van der Waals surface area (Å²) in [6, 6.07) is 0. The molecule has 94 valence electrons. The summed E-state index contributed by atoms with van der Waals surface area (Å²) < 4.78 is 11.7. The SMILES string of the molecule is CC1(C)CCC(CN2CCOC(CBr)C2)O1. The second-order valence-electron chi connectivity index (χ2n) is 5.44. The average molecular weight is 292 g/mol. The highest BCUT2D eigenvalue weighted by molar-refractivity contribution is 9.09. The van der Waals surface area contributed by atoms with Crippen LogP contribution in [0.4, 0.5) is 0 Å². The first kappa shape index (κ1) is 12.8. The molecule has 2 heterocycles. The molecule has 0 spiro atoms. The molecule has 0 aromatic heterocycles. The van der Waals surface area contributed by atoms with Crippen molar-refractivity contribution in [3.8, 4) is 0 Å². The van der Waals surface area contributed by atoms with Crippen molar-refractivity contribution in [2.24, 2.45) is 0 Å². The monoisotopic (exact) mass is 291 g/mol. The van der Waals surface area contributed by atoms with Gasteiger partial charge in [0.05, 0.1) is 24.4 Å². The molecule has 0 radical (unpaired) electrons. The molecule has 0 aromatic carbocycles. The van der Waals surface area contributed by atoms with Crippen LogP contribution in [0.25, 0.3) is 0 Å². The summed E-state index contributed by atoms with van der Waals surface area (Å²) in [6.45, 7) is 8.37. The van der Waals surface area contributed by atoms with Crippen LogP contribution >= 0.6 is 15.9 Å². The van der Waals surface area contributed by atoms with Crippen molar-refractivity contribution in [3.63, 3.8) is 0 Å². The quantitative estimate of drug-likeness (QED) is 0.743. The van der Waals surface area contributed by atoms with E-state index in [0.29, 0.717) is 12.2 Å². The van der Waals surface area contributed by atoms with E-state index in [-0.39, 0.29) is 5.60 Å². The maximum absolute atomic E-state index is 6.03. The van der Waals surface area contributed by atoms with E-state index in [0.717, 1.165) is 31.6 Å². The lowest BCUT2D eigenvalue weighted by Gasteiger charge is -2.33. The number of halogens is 1. The second kappa shape index (κ2) is 5.34. The fourth-order valence-corrected chi connectivity index (χ4v) is 2.93. The van der Waals surface area contributed by atoms with Crippen LogP contribution in [0.2, 0.25) is 0 Å². The average Bonchev–Trinajstić information content (AvgIpc) is 2.58. The molecule has 2 unspecified atom stereocenters. The fourth-order valence-electron chi connectivity index (χ4n) is 2.53. The van der Waals surface area contributed by atoms with Gasteiger partial charge in [-0.2, -0.15) is 0 Å². The van der Waals surface area contributed by atoms with Gasteiger partial charge in [0, 0.05) is 25.0 Å². The Labute approximate surface area is 107 Å². The maximum atomic E-state index is 6.03. The molecule has 2 atom stereocenters. The Hall–Kier alpha value is 0.360. The summed E-state index contributed by atoms with van der Waals surface area (Å²) in [5.41, 5.74) is 0.0891. The van der Waals surface area contributed by atoms with Gasteiger partial charge in [-0.3, -0.25) is 4.90 Å². The number of alkyl halides is 1. The minimum atomic E-state index is 0.0891. The molecule has 2 rings (SSSR count). The van der Waals surface area contributed by atoms with Crippen molar-refractivity contribution in [3.05, 3.63) is 0 Å². The third-order valence-corrected chi connectivity index (χ3v) is 4.13. The molecule has 2 aliphatic heterocycles. The van der Waals surface area contributed by atoms with E-state index in [1.54, 1.807) is 0 Å². The van der Waals surface area contributed by atoms with Gasteiger partial charge < -0.3 is 9.47 Å². The highest BCUT2D eigenvalue weighted by Crippen LogP contribution is 2.29. The molecule has 3 nitrogen and oxygen atoms in total. The van der Waals surface area contributed by atoms with E-state index < -0.39 is 0 Å². The van der Waals surface area contributed by atoms with Crippen molar-refractivity contribution in [1.82, 2.24) is 4.90 Å². The van der Waals surface area contributed by atoms with Gasteiger partial charge in [-0.15, -0.1) is 0 Å². The van der Waals surface area contributed by atoms with Crippen LogP contribution in [-0.4, -0.2) is 54.3 Å². The zero-order valence-corrected chi connectivity index (χ0v) is 11.8. The minimum Gasteiger partial charge on any atom is -0.375 e. The Bertz CT molecular complexity index is 235. The Balaban J connectivity index is 1.77. The first-order valence-corrected chi connectivity index (χ1v) is 7.29. The highest BCUT2D eigenvalue weighted by atomic mass is 79.9. The van der Waals surface area contributed by atoms with Crippen LogP contribution in [0, 0.1) is 0 Å². The molecule has 0 saturated carbocycles. The molecule has 0 amide bonds. The Morgan fingerprint density at radius 1 is 1.38 bits per heavy atom. The van der Waals surface area contributed by atoms with Crippen molar-refractivity contribution in [1.29, 1.82) is 0 Å². The number of nitrogens with zero attached hydrogens (tertiary/aromatic N) is 1. The molecular formula is C12H22BrNO2. The predicted octanol–water partition coefficient (Wildman–Crippen LogP) is 2.04. The maximum Gasteiger partial charge on any atom is 0.0799 e. The molecule has 4 heteroatoms. The van der Waals surface area contributed by atoms with Crippen molar-refractivity contribution in [2.75, 3.05) is 31.6 Å². The van der Waals surface area contributed by atoms with E-state index in [1.807, 2.05) is 0 Å². The molecular weight excluding hydrogens is 270 g/mol. The summed E-state index contributed by atoms with van der Waals surface area (Å²) in [4.78, 5) is 2.47. The molecule has 0 bridgehead atoms. The zero-order valence-electron chi connectivity index (χ0n) is 10.2. The largest absolute Gasteiger partial charge is 0.375 e. The topological polar surface area (TPSA) is 21.7 Å². The smallest absolute Gasteiger partial charge is 0.0799 e. The molecule has 2 saturated heterocycles. The van der Waals surface area contributed by atoms with Gasteiger partial charge in [0.25, 0.3) is 0 Å². The molecule has 2 aliphatic rings. The second-order valence-corrected chi connectivity index (χ2v) is 6.09. The standard InChI is InChI=1S/C12H22BrNO2/c1-12(2)4-3-10(16-12)8-14-5-6-15-11(7-13)9-14/h10-11H,3-9H2,1-2H3. The molecule has 0 aromatic rings. The van der Waals surface area contributed by atoms with Crippen LogP contribution in [-0.2, 0) is 9.47 Å². The van der Waals surface area contributed by atoms with E-state index in [2.05, 4.69) is 34.7 Å². The van der Waals surface area contributed by atoms with Gasteiger partial charge in [0.2, 0.25) is 0 Å². The van der Waals surface area contributed by atoms with Crippen LogP contribution in [0.15, 0.2) is 0 Å². The third-order valence-electron chi connectivity index (χ3n) is 3.41. The summed E-state index contributed by atoms with van der Waals surface area (Å²) in [6.07, 6.45) is 3.15. The van der Waals surface area contributed by atoms with Crippen molar-refractivity contribution < 1.29 is 9.47 Å². The van der Waals surface area contributed by atoms with Crippen LogP contribution in [0.1, 0.15) is 26.7 Å². The number of hydrogen-bond acceptors (Lipinski definition) is 3. The van der Waals surface area contributed by atoms with Gasteiger partial charge in [-0.1, -0.05) is 15.9 Å². The van der Waals surface area contributed by atoms with E-state index >= 15 is 0 Å². The van der Waals surface area contributed by atoms with Gasteiger partial charge in [-0.25, -0.2) is 0 Å². The minimum absolute atomic E-state index is 0.0891. The lowest BCUT2D eigenvalue weighted by molar-refractivity contribution is -0.0585. The van der Waals surface area contributed by atoms with Gasteiger partial charge >= 0.3 is 0 Å². The normalized spacial score (nSPS) is 35.4. The predicted molar refractivity (Wildman–Crippen MR) is 68.2 cm³/mol. The van der Waals surface area contributed by atoms with Crippen molar-refractivity contribution in [2.45, 2.75) is 44.5 Å². The number of rotatable bonds is 3. The Morgan fingerprint density at radius 2 is 2.19 bits per heavy atom.